The number of ketones is 1. The van der Waals surface area contributed by atoms with Gasteiger partial charge < -0.3 is 10.1 Å². The van der Waals surface area contributed by atoms with Crippen LogP contribution in [0.1, 0.15) is 46.5 Å². The molecule has 0 radical (unpaired) electrons. The Labute approximate surface area is 177 Å². The maximum absolute atomic E-state index is 13.8. The number of Topliss-reactive ketones (excluding diaryl/α,β-unsaturated/α-hetero) is 1. The highest BCUT2D eigenvalue weighted by molar-refractivity contribution is 6.04. The van der Waals surface area contributed by atoms with Crippen molar-refractivity contribution in [1.82, 2.24) is 9.97 Å². The molecule has 1 amide bonds. The summed E-state index contributed by atoms with van der Waals surface area (Å²) in [6.07, 6.45) is 3.02. The molecular formula is C23H19F2N3O3. The molecule has 2 aromatic carbocycles. The van der Waals surface area contributed by atoms with Gasteiger partial charge >= 0.3 is 0 Å². The summed E-state index contributed by atoms with van der Waals surface area (Å²) < 4.78 is 33.5. The van der Waals surface area contributed by atoms with Gasteiger partial charge in [0.05, 0.1) is 30.1 Å². The quantitative estimate of drug-likeness (QED) is 0.659. The number of nitrogens with zero attached hydrogens (tertiary/aromatic N) is 2. The molecule has 0 unspecified atom stereocenters. The Kier molecular flexibility index (Phi) is 5.00. The van der Waals surface area contributed by atoms with Crippen LogP contribution in [0, 0.1) is 18.6 Å². The van der Waals surface area contributed by atoms with E-state index in [0.29, 0.717) is 23.4 Å². The molecule has 6 nitrogen and oxygen atoms in total. The minimum Gasteiger partial charge on any atom is -0.487 e. The number of benzene rings is 2. The number of hydrogen-bond acceptors (Lipinski definition) is 5. The molecule has 0 saturated heterocycles. The van der Waals surface area contributed by atoms with Gasteiger partial charge in [-0.25, -0.2) is 13.8 Å². The fourth-order valence-electron chi connectivity index (χ4n) is 3.51. The number of rotatable bonds is 3. The maximum atomic E-state index is 13.8. The van der Waals surface area contributed by atoms with Crippen molar-refractivity contribution in [1.29, 1.82) is 0 Å². The van der Waals surface area contributed by atoms with Crippen molar-refractivity contribution in [3.8, 4) is 17.0 Å². The third-order valence-electron chi connectivity index (χ3n) is 4.96. The summed E-state index contributed by atoms with van der Waals surface area (Å²) in [6, 6.07) is 6.69. The van der Waals surface area contributed by atoms with E-state index >= 15 is 0 Å². The van der Waals surface area contributed by atoms with Gasteiger partial charge in [0.15, 0.2) is 11.6 Å². The second kappa shape index (κ2) is 7.54. The zero-order chi connectivity index (χ0) is 22.3. The van der Waals surface area contributed by atoms with Crippen LogP contribution in [-0.4, -0.2) is 27.3 Å². The Hall–Kier alpha value is -3.68. The topological polar surface area (TPSA) is 81.2 Å². The Bertz CT molecular complexity index is 1190. The summed E-state index contributed by atoms with van der Waals surface area (Å²) in [6.45, 7) is 5.55. The van der Waals surface area contributed by atoms with E-state index in [1.165, 1.54) is 18.5 Å². The SMILES string of the molecule is Cc1cc2c(cc1-c1cnc(NC(=O)c3c(F)cccc3F)cn1)OC(C)(C)CC2=O. The van der Waals surface area contributed by atoms with E-state index in [9.17, 15) is 18.4 Å². The monoisotopic (exact) mass is 423 g/mol. The Morgan fingerprint density at radius 3 is 2.45 bits per heavy atom. The molecule has 2 heterocycles. The number of aryl methyl sites for hydroxylation is 1. The van der Waals surface area contributed by atoms with Crippen molar-refractivity contribution in [2.24, 2.45) is 0 Å². The number of amides is 1. The fraction of sp³-hybridized carbons (Fsp3) is 0.217. The van der Waals surface area contributed by atoms with E-state index in [-0.39, 0.29) is 11.6 Å². The Balaban J connectivity index is 1.60. The van der Waals surface area contributed by atoms with Crippen LogP contribution in [0.4, 0.5) is 14.6 Å². The van der Waals surface area contributed by atoms with Gasteiger partial charge in [-0.1, -0.05) is 6.07 Å². The number of ether oxygens (including phenoxy) is 1. The summed E-state index contributed by atoms with van der Waals surface area (Å²) >= 11 is 0. The van der Waals surface area contributed by atoms with Crippen molar-refractivity contribution >= 4 is 17.5 Å². The number of hydrogen-bond donors (Lipinski definition) is 1. The number of anilines is 1. The number of halogens is 2. The molecule has 8 heteroatoms. The molecule has 0 aliphatic carbocycles. The average molecular weight is 423 g/mol. The van der Waals surface area contributed by atoms with Gasteiger partial charge in [-0.3, -0.25) is 14.6 Å². The molecule has 0 saturated carbocycles. The van der Waals surface area contributed by atoms with E-state index in [0.717, 1.165) is 23.3 Å². The standard InChI is InChI=1S/C23H19F2N3O3/c1-12-7-14-18(29)9-23(2,3)31-19(14)8-13(12)17-10-27-20(11-26-17)28-22(30)21-15(24)5-4-6-16(21)25/h4-8,10-11H,9H2,1-3H3,(H,27,28,30). The molecule has 3 aromatic rings. The third kappa shape index (κ3) is 4.01. The fourth-order valence-corrected chi connectivity index (χ4v) is 3.51. The largest absolute Gasteiger partial charge is 0.487 e. The van der Waals surface area contributed by atoms with Crippen LogP contribution in [0.5, 0.6) is 5.75 Å². The summed E-state index contributed by atoms with van der Waals surface area (Å²) in [5.41, 5.74) is 1.27. The van der Waals surface area contributed by atoms with Crippen LogP contribution < -0.4 is 10.1 Å². The van der Waals surface area contributed by atoms with Crippen LogP contribution in [0.2, 0.25) is 0 Å². The zero-order valence-electron chi connectivity index (χ0n) is 17.1. The Morgan fingerprint density at radius 1 is 1.10 bits per heavy atom. The molecule has 4 rings (SSSR count). The van der Waals surface area contributed by atoms with Crippen molar-refractivity contribution in [3.63, 3.8) is 0 Å². The zero-order valence-corrected chi connectivity index (χ0v) is 17.1. The van der Waals surface area contributed by atoms with Gasteiger partial charge in [-0.05, 0) is 50.6 Å². The smallest absolute Gasteiger partial charge is 0.262 e. The van der Waals surface area contributed by atoms with E-state index in [2.05, 4.69) is 15.3 Å². The third-order valence-corrected chi connectivity index (χ3v) is 4.96. The predicted octanol–water partition coefficient (Wildman–Crippen LogP) is 4.73. The normalized spacial score (nSPS) is 14.5. The van der Waals surface area contributed by atoms with Crippen LogP contribution in [0.3, 0.4) is 0 Å². The second-order valence-corrected chi connectivity index (χ2v) is 7.96. The molecule has 31 heavy (non-hydrogen) atoms. The summed E-state index contributed by atoms with van der Waals surface area (Å²) in [4.78, 5) is 33.1. The molecule has 1 aliphatic heterocycles. The molecular weight excluding hydrogens is 404 g/mol. The van der Waals surface area contributed by atoms with Crippen LogP contribution in [0.15, 0.2) is 42.7 Å². The highest BCUT2D eigenvalue weighted by Gasteiger charge is 2.33. The molecule has 1 aliphatic rings. The first kappa shape index (κ1) is 20.6. The lowest BCUT2D eigenvalue weighted by Gasteiger charge is -2.32. The van der Waals surface area contributed by atoms with Crippen LogP contribution in [0.25, 0.3) is 11.3 Å². The number of carbonyl (C=O) groups excluding carboxylic acids is 2. The van der Waals surface area contributed by atoms with Gasteiger partial charge in [0.1, 0.15) is 28.5 Å². The van der Waals surface area contributed by atoms with Crippen LogP contribution >= 0.6 is 0 Å². The predicted molar refractivity (Wildman–Crippen MR) is 110 cm³/mol. The minimum absolute atomic E-state index is 0.0189. The minimum atomic E-state index is -0.968. The highest BCUT2D eigenvalue weighted by Crippen LogP contribution is 2.37. The van der Waals surface area contributed by atoms with E-state index in [1.807, 2.05) is 20.8 Å². The van der Waals surface area contributed by atoms with Crippen molar-refractivity contribution in [2.75, 3.05) is 5.32 Å². The number of aromatic nitrogens is 2. The van der Waals surface area contributed by atoms with E-state index < -0.39 is 28.7 Å². The first-order valence-corrected chi connectivity index (χ1v) is 9.59. The molecule has 0 spiro atoms. The maximum Gasteiger partial charge on any atom is 0.262 e. The highest BCUT2D eigenvalue weighted by atomic mass is 19.1. The lowest BCUT2D eigenvalue weighted by Crippen LogP contribution is -2.35. The lowest BCUT2D eigenvalue weighted by molar-refractivity contribution is 0.0620. The van der Waals surface area contributed by atoms with E-state index in [4.69, 9.17) is 4.74 Å². The number of carbonyl (C=O) groups is 2. The van der Waals surface area contributed by atoms with Gasteiger partial charge in [-0.15, -0.1) is 0 Å². The average Bonchev–Trinajstić information content (AvgIpc) is 2.68. The molecule has 0 bridgehead atoms. The van der Waals surface area contributed by atoms with E-state index in [1.54, 1.807) is 12.1 Å². The second-order valence-electron chi connectivity index (χ2n) is 7.96. The first-order chi connectivity index (χ1) is 14.6. The molecule has 0 fully saturated rings. The van der Waals surface area contributed by atoms with Crippen molar-refractivity contribution in [3.05, 3.63) is 71.1 Å². The van der Waals surface area contributed by atoms with Crippen molar-refractivity contribution in [2.45, 2.75) is 32.8 Å². The molecule has 158 valence electrons. The summed E-state index contributed by atoms with van der Waals surface area (Å²) in [7, 11) is 0. The van der Waals surface area contributed by atoms with Crippen molar-refractivity contribution < 1.29 is 23.1 Å². The number of nitrogens with one attached hydrogen (secondary N) is 1. The molecule has 0 atom stereocenters. The van der Waals surface area contributed by atoms with Gasteiger partial charge in [-0.2, -0.15) is 0 Å². The summed E-state index contributed by atoms with van der Waals surface area (Å²) in [5, 5.41) is 2.34. The van der Waals surface area contributed by atoms with Gasteiger partial charge in [0, 0.05) is 5.56 Å². The molecule has 1 N–H and O–H groups in total. The lowest BCUT2D eigenvalue weighted by atomic mass is 9.90. The van der Waals surface area contributed by atoms with Crippen LogP contribution in [-0.2, 0) is 0 Å². The van der Waals surface area contributed by atoms with Gasteiger partial charge in [0.25, 0.3) is 5.91 Å². The Morgan fingerprint density at radius 2 is 1.81 bits per heavy atom. The first-order valence-electron chi connectivity index (χ1n) is 9.59. The number of fused-ring (bicyclic) bond motifs is 1. The summed E-state index contributed by atoms with van der Waals surface area (Å²) in [5.74, 6) is -2.36. The molecule has 1 aromatic heterocycles. The van der Waals surface area contributed by atoms with Gasteiger partial charge in [0.2, 0.25) is 0 Å².